The molecule has 1 aromatic heterocycles. The molecule has 3 rings (SSSR count). The van der Waals surface area contributed by atoms with Gasteiger partial charge in [-0.05, 0) is 54.8 Å². The number of anilines is 1. The third kappa shape index (κ3) is 3.42. The van der Waals surface area contributed by atoms with Crippen LogP contribution in [0.15, 0.2) is 70.9 Å². The predicted molar refractivity (Wildman–Crippen MR) is 97.6 cm³/mol. The highest BCUT2D eigenvalue weighted by Crippen LogP contribution is 2.28. The molecular weight excluding hydrogens is 358 g/mol. The van der Waals surface area contributed by atoms with Crippen molar-refractivity contribution in [1.82, 2.24) is 0 Å². The molecule has 1 N–H and O–H groups in total. The number of aryl methyl sites for hydroxylation is 1. The van der Waals surface area contributed by atoms with Crippen molar-refractivity contribution in [2.45, 2.75) is 11.8 Å². The van der Waals surface area contributed by atoms with Crippen LogP contribution in [0.5, 0.6) is 5.75 Å². The lowest BCUT2D eigenvalue weighted by atomic mass is 10.2. The van der Waals surface area contributed by atoms with E-state index in [4.69, 9.17) is 0 Å². The smallest absolute Gasteiger partial charge is 0.282 e. The lowest BCUT2D eigenvalue weighted by Gasteiger charge is -2.22. The van der Waals surface area contributed by atoms with Crippen LogP contribution in [0.1, 0.15) is 15.2 Å². The maximum atomic E-state index is 13.1. The molecule has 0 fully saturated rings. The molecular formula is C18H15NO4S2. The standard InChI is InChI=1S/C18H15NO4S2/c1-13-4-10-16(11-5-13)25(22,23)19(14-6-8-15(20)9-7-14)18(21)17-3-2-12-24-17/h2-12,20H,1H3. The number of aromatic hydroxyl groups is 1. The van der Waals surface area contributed by atoms with E-state index < -0.39 is 15.9 Å². The molecule has 3 aromatic rings. The Hall–Kier alpha value is -2.64. The Balaban J connectivity index is 2.14. The first-order valence-electron chi connectivity index (χ1n) is 7.38. The largest absolute Gasteiger partial charge is 0.508 e. The van der Waals surface area contributed by atoms with Crippen LogP contribution in [-0.4, -0.2) is 19.4 Å². The summed E-state index contributed by atoms with van der Waals surface area (Å²) in [5.41, 5.74) is 1.08. The molecule has 0 aliphatic carbocycles. The number of phenols is 1. The fourth-order valence-electron chi connectivity index (χ4n) is 2.27. The average molecular weight is 373 g/mol. The van der Waals surface area contributed by atoms with Crippen molar-refractivity contribution >= 4 is 33.0 Å². The molecule has 0 bridgehead atoms. The van der Waals surface area contributed by atoms with Crippen molar-refractivity contribution in [2.75, 3.05) is 4.31 Å². The topological polar surface area (TPSA) is 74.7 Å². The normalized spacial score (nSPS) is 11.2. The number of carbonyl (C=O) groups is 1. The highest BCUT2D eigenvalue weighted by Gasteiger charge is 2.32. The van der Waals surface area contributed by atoms with E-state index in [9.17, 15) is 18.3 Å². The van der Waals surface area contributed by atoms with Crippen molar-refractivity contribution in [3.63, 3.8) is 0 Å². The number of nitrogens with zero attached hydrogens (tertiary/aromatic N) is 1. The second-order valence-electron chi connectivity index (χ2n) is 5.38. The molecule has 0 saturated heterocycles. The van der Waals surface area contributed by atoms with Gasteiger partial charge in [-0.1, -0.05) is 23.8 Å². The van der Waals surface area contributed by atoms with E-state index in [2.05, 4.69) is 0 Å². The lowest BCUT2D eigenvalue weighted by molar-refractivity contribution is 0.101. The van der Waals surface area contributed by atoms with E-state index >= 15 is 0 Å². The number of carbonyl (C=O) groups excluding carboxylic acids is 1. The van der Waals surface area contributed by atoms with Gasteiger partial charge >= 0.3 is 0 Å². The van der Waals surface area contributed by atoms with Crippen molar-refractivity contribution in [1.29, 1.82) is 0 Å². The van der Waals surface area contributed by atoms with E-state index in [0.717, 1.165) is 9.87 Å². The van der Waals surface area contributed by atoms with E-state index in [-0.39, 0.29) is 16.3 Å². The van der Waals surface area contributed by atoms with Crippen LogP contribution >= 0.6 is 11.3 Å². The molecule has 0 aliphatic heterocycles. The van der Waals surface area contributed by atoms with Gasteiger partial charge in [0.1, 0.15) is 5.75 Å². The van der Waals surface area contributed by atoms with Crippen LogP contribution in [0.3, 0.4) is 0 Å². The summed E-state index contributed by atoms with van der Waals surface area (Å²) in [4.78, 5) is 13.2. The molecule has 1 heterocycles. The number of benzene rings is 2. The number of sulfonamides is 1. The minimum Gasteiger partial charge on any atom is -0.508 e. The van der Waals surface area contributed by atoms with Gasteiger partial charge in [-0.15, -0.1) is 11.3 Å². The Kier molecular flexibility index (Phi) is 4.61. The highest BCUT2D eigenvalue weighted by atomic mass is 32.2. The van der Waals surface area contributed by atoms with Crippen molar-refractivity contribution in [3.05, 3.63) is 76.5 Å². The summed E-state index contributed by atoms with van der Waals surface area (Å²) in [5.74, 6) is -0.652. The van der Waals surface area contributed by atoms with Gasteiger partial charge in [0.15, 0.2) is 0 Å². The number of phenolic OH excluding ortho intramolecular Hbond substituents is 1. The average Bonchev–Trinajstić information content (AvgIpc) is 3.11. The molecule has 7 heteroatoms. The Morgan fingerprint density at radius 3 is 2.20 bits per heavy atom. The Morgan fingerprint density at radius 2 is 1.64 bits per heavy atom. The summed E-state index contributed by atoms with van der Waals surface area (Å²) < 4.78 is 27.0. The van der Waals surface area contributed by atoms with E-state index in [0.29, 0.717) is 4.88 Å². The van der Waals surface area contributed by atoms with Gasteiger partial charge in [-0.25, -0.2) is 8.42 Å². The summed E-state index contributed by atoms with van der Waals surface area (Å²) in [7, 11) is -4.10. The fraction of sp³-hybridized carbons (Fsp3) is 0.0556. The fourth-order valence-corrected chi connectivity index (χ4v) is 4.39. The monoisotopic (exact) mass is 373 g/mol. The SMILES string of the molecule is Cc1ccc(S(=O)(=O)N(C(=O)c2cccs2)c2ccc(O)cc2)cc1. The van der Waals surface area contributed by atoms with Crippen LogP contribution < -0.4 is 4.31 Å². The second-order valence-corrected chi connectivity index (χ2v) is 8.12. The Labute approximate surface area is 149 Å². The third-order valence-corrected chi connectivity index (χ3v) is 6.14. The van der Waals surface area contributed by atoms with Gasteiger partial charge in [-0.2, -0.15) is 4.31 Å². The number of thiophene rings is 1. The van der Waals surface area contributed by atoms with Crippen LogP contribution in [-0.2, 0) is 10.0 Å². The summed E-state index contributed by atoms with van der Waals surface area (Å²) in [5, 5.41) is 11.2. The van der Waals surface area contributed by atoms with Gasteiger partial charge in [0, 0.05) is 0 Å². The molecule has 1 amide bonds. The predicted octanol–water partition coefficient (Wildman–Crippen LogP) is 3.80. The molecule has 0 aliphatic rings. The minimum absolute atomic E-state index is 0.0139. The zero-order valence-electron chi connectivity index (χ0n) is 13.3. The number of hydrogen-bond donors (Lipinski definition) is 1. The first kappa shape index (κ1) is 17.2. The van der Waals surface area contributed by atoms with Gasteiger partial charge in [0.2, 0.25) is 0 Å². The van der Waals surface area contributed by atoms with Gasteiger partial charge in [0.05, 0.1) is 15.5 Å². The molecule has 128 valence electrons. The molecule has 25 heavy (non-hydrogen) atoms. The van der Waals surface area contributed by atoms with E-state index in [1.165, 1.54) is 47.7 Å². The summed E-state index contributed by atoms with van der Waals surface area (Å²) >= 11 is 1.17. The molecule has 0 unspecified atom stereocenters. The lowest BCUT2D eigenvalue weighted by Crippen LogP contribution is -2.36. The Morgan fingerprint density at radius 1 is 1.00 bits per heavy atom. The van der Waals surface area contributed by atoms with Gasteiger partial charge in [-0.3, -0.25) is 4.79 Å². The first-order chi connectivity index (χ1) is 11.9. The number of hydrogen-bond acceptors (Lipinski definition) is 5. The van der Waals surface area contributed by atoms with Gasteiger partial charge < -0.3 is 5.11 Å². The molecule has 5 nitrogen and oxygen atoms in total. The molecule has 2 aromatic carbocycles. The highest BCUT2D eigenvalue weighted by molar-refractivity contribution is 7.93. The molecule has 0 atom stereocenters. The zero-order chi connectivity index (χ0) is 18.0. The van der Waals surface area contributed by atoms with E-state index in [1.54, 1.807) is 29.6 Å². The minimum atomic E-state index is -4.10. The third-order valence-electron chi connectivity index (χ3n) is 3.56. The van der Waals surface area contributed by atoms with Crippen LogP contribution in [0.2, 0.25) is 0 Å². The van der Waals surface area contributed by atoms with Crippen molar-refractivity contribution in [3.8, 4) is 5.75 Å². The first-order valence-corrected chi connectivity index (χ1v) is 9.70. The van der Waals surface area contributed by atoms with Crippen LogP contribution in [0.4, 0.5) is 5.69 Å². The van der Waals surface area contributed by atoms with E-state index in [1.807, 2.05) is 6.92 Å². The molecule has 0 spiro atoms. The maximum Gasteiger partial charge on any atom is 0.282 e. The van der Waals surface area contributed by atoms with Gasteiger partial charge in [0.25, 0.3) is 15.9 Å². The summed E-state index contributed by atoms with van der Waals surface area (Å²) in [6, 6.07) is 15.0. The van der Waals surface area contributed by atoms with Crippen LogP contribution in [0.25, 0.3) is 0 Å². The maximum absolute atomic E-state index is 13.1. The molecule has 0 saturated carbocycles. The number of amides is 1. The summed E-state index contributed by atoms with van der Waals surface area (Å²) in [6.45, 7) is 1.85. The van der Waals surface area contributed by atoms with Crippen LogP contribution in [0, 0.1) is 6.92 Å². The summed E-state index contributed by atoms with van der Waals surface area (Å²) in [6.07, 6.45) is 0. The number of rotatable bonds is 4. The van der Waals surface area contributed by atoms with Crippen molar-refractivity contribution < 1.29 is 18.3 Å². The zero-order valence-corrected chi connectivity index (χ0v) is 14.9. The molecule has 0 radical (unpaired) electrons. The van der Waals surface area contributed by atoms with Crippen molar-refractivity contribution in [2.24, 2.45) is 0 Å². The quantitative estimate of drug-likeness (QED) is 0.755. The second kappa shape index (κ2) is 6.70. The Bertz CT molecular complexity index is 977.